The third-order valence-electron chi connectivity index (χ3n) is 1.86. The summed E-state index contributed by atoms with van der Waals surface area (Å²) in [6.45, 7) is 0.853. The van der Waals surface area contributed by atoms with Gasteiger partial charge in [-0.25, -0.2) is 0 Å². The van der Waals surface area contributed by atoms with Crippen molar-refractivity contribution in [3.63, 3.8) is 0 Å². The van der Waals surface area contributed by atoms with Gasteiger partial charge in [0.2, 0.25) is 0 Å². The Morgan fingerprint density at radius 3 is 2.91 bits per heavy atom. The Morgan fingerprint density at radius 2 is 2.36 bits per heavy atom. The summed E-state index contributed by atoms with van der Waals surface area (Å²) >= 11 is 0. The summed E-state index contributed by atoms with van der Waals surface area (Å²) in [7, 11) is 0. The van der Waals surface area contributed by atoms with Crippen LogP contribution in [0.5, 0.6) is 0 Å². The molecule has 5 nitrogen and oxygen atoms in total. The average molecular weight is 158 g/mol. The summed E-state index contributed by atoms with van der Waals surface area (Å²) in [4.78, 5) is 20.5. The first kappa shape index (κ1) is 7.97. The van der Waals surface area contributed by atoms with Gasteiger partial charge in [-0.15, -0.1) is 4.91 Å². The minimum Gasteiger partial charge on any atom is -0.481 e. The fourth-order valence-corrected chi connectivity index (χ4v) is 1.23. The third-order valence-corrected chi connectivity index (χ3v) is 1.86. The van der Waals surface area contributed by atoms with Crippen molar-refractivity contribution >= 4 is 5.97 Å². The van der Waals surface area contributed by atoms with Gasteiger partial charge in [0, 0.05) is 6.54 Å². The van der Waals surface area contributed by atoms with Crippen LogP contribution in [0.3, 0.4) is 0 Å². The third kappa shape index (κ3) is 1.89. The summed E-state index contributed by atoms with van der Waals surface area (Å²) in [5, 5.41) is 12.5. The molecule has 0 aliphatic carbocycles. The predicted octanol–water partition coefficient (Wildman–Crippen LogP) is 0.464. The van der Waals surface area contributed by atoms with Crippen molar-refractivity contribution in [3.8, 4) is 0 Å². The van der Waals surface area contributed by atoms with Crippen molar-refractivity contribution in [2.45, 2.75) is 12.8 Å². The van der Waals surface area contributed by atoms with E-state index >= 15 is 0 Å². The standard InChI is InChI=1S/C6H10N2O3/c9-6(10)5-2-1-3-8(4-5)7-11/h5H,1-4H2,(H,9,10)/t5-/m1/s1. The largest absolute Gasteiger partial charge is 0.481 e. The molecule has 0 unspecified atom stereocenters. The highest BCUT2D eigenvalue weighted by molar-refractivity contribution is 5.70. The van der Waals surface area contributed by atoms with Gasteiger partial charge in [0.25, 0.3) is 0 Å². The van der Waals surface area contributed by atoms with Crippen LogP contribution in [0.1, 0.15) is 12.8 Å². The van der Waals surface area contributed by atoms with Crippen LogP contribution < -0.4 is 0 Å². The van der Waals surface area contributed by atoms with E-state index in [4.69, 9.17) is 5.11 Å². The summed E-state index contributed by atoms with van der Waals surface area (Å²) in [6.07, 6.45) is 1.39. The van der Waals surface area contributed by atoms with Crippen molar-refractivity contribution in [1.29, 1.82) is 0 Å². The van der Waals surface area contributed by atoms with Gasteiger partial charge >= 0.3 is 5.97 Å². The van der Waals surface area contributed by atoms with Crippen molar-refractivity contribution in [1.82, 2.24) is 5.01 Å². The van der Waals surface area contributed by atoms with Gasteiger partial charge in [-0.1, -0.05) is 0 Å². The molecule has 1 rings (SSSR count). The van der Waals surface area contributed by atoms with E-state index in [9.17, 15) is 9.70 Å². The minimum absolute atomic E-state index is 0.263. The van der Waals surface area contributed by atoms with Gasteiger partial charge in [0.1, 0.15) is 0 Å². The first-order valence-electron chi connectivity index (χ1n) is 3.55. The normalized spacial score (nSPS) is 24.7. The zero-order chi connectivity index (χ0) is 8.27. The molecule has 1 atom stereocenters. The Hall–Kier alpha value is -1.13. The number of aliphatic carboxylic acids is 1. The fraction of sp³-hybridized carbons (Fsp3) is 0.833. The van der Waals surface area contributed by atoms with Gasteiger partial charge in [-0.3, -0.25) is 9.80 Å². The number of hydrogen-bond acceptors (Lipinski definition) is 3. The second-order valence-corrected chi connectivity index (χ2v) is 2.67. The molecule has 0 amide bonds. The van der Waals surface area contributed by atoms with Crippen LogP contribution in [-0.4, -0.2) is 29.2 Å². The lowest BCUT2D eigenvalue weighted by Crippen LogP contribution is -2.35. The molecule has 1 heterocycles. The quantitative estimate of drug-likeness (QED) is 0.593. The predicted molar refractivity (Wildman–Crippen MR) is 37.7 cm³/mol. The number of nitroso groups, excluding NO2 is 1. The summed E-state index contributed by atoms with van der Waals surface area (Å²) in [5.41, 5.74) is 0. The maximum atomic E-state index is 10.4. The molecule has 1 aliphatic heterocycles. The topological polar surface area (TPSA) is 70.0 Å². The monoisotopic (exact) mass is 158 g/mol. The molecule has 1 N–H and O–H groups in total. The van der Waals surface area contributed by atoms with Crippen LogP contribution in [0.2, 0.25) is 0 Å². The van der Waals surface area contributed by atoms with E-state index in [0.29, 0.717) is 13.0 Å². The number of rotatable bonds is 2. The number of carboxylic acids is 1. The molecule has 0 radical (unpaired) electrons. The molecule has 5 heteroatoms. The van der Waals surface area contributed by atoms with Crippen molar-refractivity contribution in [2.75, 3.05) is 13.1 Å². The zero-order valence-corrected chi connectivity index (χ0v) is 6.06. The number of carbonyl (C=O) groups is 1. The highest BCUT2D eigenvalue weighted by Crippen LogP contribution is 2.16. The van der Waals surface area contributed by atoms with E-state index in [1.807, 2.05) is 0 Å². The Morgan fingerprint density at radius 1 is 1.64 bits per heavy atom. The lowest BCUT2D eigenvalue weighted by molar-refractivity contribution is -0.143. The number of carboxylic acid groups (broad SMARTS) is 1. The fourth-order valence-electron chi connectivity index (χ4n) is 1.23. The molecule has 0 spiro atoms. The lowest BCUT2D eigenvalue weighted by atomic mass is 10.00. The molecule has 1 aliphatic rings. The molecule has 62 valence electrons. The molecule has 0 saturated carbocycles. The molecular formula is C6H10N2O3. The van der Waals surface area contributed by atoms with E-state index in [1.165, 1.54) is 5.01 Å². The summed E-state index contributed by atoms with van der Waals surface area (Å²) in [5.74, 6) is -1.25. The maximum Gasteiger partial charge on any atom is 0.308 e. The van der Waals surface area contributed by atoms with Crippen molar-refractivity contribution in [3.05, 3.63) is 4.91 Å². The second-order valence-electron chi connectivity index (χ2n) is 2.67. The molecule has 0 aromatic carbocycles. The Bertz CT molecular complexity index is 171. The summed E-state index contributed by atoms with van der Waals surface area (Å²) < 4.78 is 0. The van der Waals surface area contributed by atoms with Crippen molar-refractivity contribution < 1.29 is 9.90 Å². The maximum absolute atomic E-state index is 10.4. The van der Waals surface area contributed by atoms with Crippen molar-refractivity contribution in [2.24, 2.45) is 11.2 Å². The average Bonchev–Trinajstić information content (AvgIpc) is 2.05. The highest BCUT2D eigenvalue weighted by atomic mass is 16.4. The number of nitrogens with zero attached hydrogens (tertiary/aromatic N) is 2. The second kappa shape index (κ2) is 3.32. The van der Waals surface area contributed by atoms with E-state index in [0.717, 1.165) is 6.42 Å². The van der Waals surface area contributed by atoms with E-state index in [2.05, 4.69) is 5.29 Å². The Labute approximate surface area is 63.9 Å². The van der Waals surface area contributed by atoms with Crippen LogP contribution in [0.25, 0.3) is 0 Å². The smallest absolute Gasteiger partial charge is 0.308 e. The Kier molecular flexibility index (Phi) is 2.40. The van der Waals surface area contributed by atoms with Crippen LogP contribution in [0, 0.1) is 10.8 Å². The molecule has 0 aromatic rings. The van der Waals surface area contributed by atoms with E-state index in [-0.39, 0.29) is 6.54 Å². The van der Waals surface area contributed by atoms with Gasteiger partial charge in [0.15, 0.2) is 0 Å². The van der Waals surface area contributed by atoms with Gasteiger partial charge < -0.3 is 5.11 Å². The lowest BCUT2D eigenvalue weighted by Gasteiger charge is -2.25. The molecule has 1 fully saturated rings. The molecule has 11 heavy (non-hydrogen) atoms. The molecule has 0 aromatic heterocycles. The van der Waals surface area contributed by atoms with Crippen LogP contribution in [0.15, 0.2) is 5.29 Å². The van der Waals surface area contributed by atoms with Crippen LogP contribution >= 0.6 is 0 Å². The van der Waals surface area contributed by atoms with Gasteiger partial charge in [0.05, 0.1) is 17.7 Å². The SMILES string of the molecule is O=NN1CCC[C@@H](C(=O)O)C1. The molecule has 0 bridgehead atoms. The zero-order valence-electron chi connectivity index (χ0n) is 6.06. The summed E-state index contributed by atoms with van der Waals surface area (Å²) in [6, 6.07) is 0. The Balaban J connectivity index is 2.45. The van der Waals surface area contributed by atoms with Crippen LogP contribution in [0.4, 0.5) is 0 Å². The minimum atomic E-state index is -0.835. The van der Waals surface area contributed by atoms with E-state index in [1.54, 1.807) is 0 Å². The highest BCUT2D eigenvalue weighted by Gasteiger charge is 2.24. The van der Waals surface area contributed by atoms with Gasteiger partial charge in [-0.2, -0.15) is 0 Å². The first-order valence-corrected chi connectivity index (χ1v) is 3.55. The number of piperidine rings is 1. The van der Waals surface area contributed by atoms with E-state index < -0.39 is 11.9 Å². The first-order chi connectivity index (χ1) is 5.24. The van der Waals surface area contributed by atoms with Crippen LogP contribution in [-0.2, 0) is 4.79 Å². The van der Waals surface area contributed by atoms with Gasteiger partial charge in [-0.05, 0) is 12.8 Å². The molecule has 1 saturated heterocycles. The number of hydrogen-bond donors (Lipinski definition) is 1. The molecular weight excluding hydrogens is 148 g/mol.